The smallest absolute Gasteiger partial charge is 0.241 e. The van der Waals surface area contributed by atoms with Crippen molar-refractivity contribution in [2.75, 3.05) is 7.11 Å². The van der Waals surface area contributed by atoms with E-state index in [0.717, 1.165) is 16.7 Å². The van der Waals surface area contributed by atoms with E-state index in [4.69, 9.17) is 4.74 Å². The molecular weight excluding hydrogens is 428 g/mol. The molecule has 1 aromatic heterocycles. The molecule has 3 rings (SSSR count). The molecule has 1 atom stereocenters. The maximum atomic E-state index is 12.7. The average molecular weight is 447 g/mol. The molecule has 0 saturated heterocycles. The van der Waals surface area contributed by atoms with Gasteiger partial charge in [-0.05, 0) is 48.4 Å². The molecule has 0 aliphatic rings. The minimum atomic E-state index is -3.64. The first-order valence-electron chi connectivity index (χ1n) is 8.27. The highest BCUT2D eigenvalue weighted by Crippen LogP contribution is 2.30. The first kappa shape index (κ1) is 19.5. The Labute approximate surface area is 167 Å². The summed E-state index contributed by atoms with van der Waals surface area (Å²) in [5.41, 5.74) is 2.68. The molecule has 27 heavy (non-hydrogen) atoms. The number of nitrogens with zero attached hydrogens (tertiary/aromatic N) is 1. The Balaban J connectivity index is 1.89. The van der Waals surface area contributed by atoms with E-state index < -0.39 is 16.1 Å². The number of nitrogens with one attached hydrogen (secondary N) is 1. The number of benzene rings is 2. The summed E-state index contributed by atoms with van der Waals surface area (Å²) in [7, 11) is -2.04. The van der Waals surface area contributed by atoms with Crippen molar-refractivity contribution in [1.82, 2.24) is 9.71 Å². The van der Waals surface area contributed by atoms with Crippen molar-refractivity contribution in [2.24, 2.45) is 0 Å². The van der Waals surface area contributed by atoms with Gasteiger partial charge in [-0.1, -0.05) is 40.2 Å². The third-order valence-electron chi connectivity index (χ3n) is 4.14. The number of aromatic nitrogens is 1. The molecule has 7 heteroatoms. The molecule has 1 heterocycles. The van der Waals surface area contributed by atoms with Crippen molar-refractivity contribution in [1.29, 1.82) is 0 Å². The second-order valence-corrected chi connectivity index (χ2v) is 8.63. The predicted octanol–water partition coefficient (Wildman–Crippen LogP) is 4.56. The van der Waals surface area contributed by atoms with Crippen molar-refractivity contribution in [3.05, 3.63) is 77.0 Å². The maximum Gasteiger partial charge on any atom is 0.241 e. The van der Waals surface area contributed by atoms with Gasteiger partial charge in [0.25, 0.3) is 0 Å². The molecule has 0 aliphatic carbocycles. The lowest BCUT2D eigenvalue weighted by Gasteiger charge is -2.16. The minimum absolute atomic E-state index is 0.218. The van der Waals surface area contributed by atoms with Crippen LogP contribution in [0.1, 0.15) is 18.5 Å². The van der Waals surface area contributed by atoms with Crippen LogP contribution < -0.4 is 9.46 Å². The largest absolute Gasteiger partial charge is 0.494 e. The zero-order valence-electron chi connectivity index (χ0n) is 14.9. The Morgan fingerprint density at radius 3 is 2.63 bits per heavy atom. The Morgan fingerprint density at radius 2 is 1.89 bits per heavy atom. The highest BCUT2D eigenvalue weighted by Gasteiger charge is 2.19. The van der Waals surface area contributed by atoms with E-state index >= 15 is 0 Å². The van der Waals surface area contributed by atoms with E-state index in [1.54, 1.807) is 43.8 Å². The van der Waals surface area contributed by atoms with E-state index in [1.807, 2.05) is 37.3 Å². The highest BCUT2D eigenvalue weighted by atomic mass is 79.9. The molecule has 140 valence electrons. The van der Waals surface area contributed by atoms with Gasteiger partial charge in [-0.25, -0.2) is 13.1 Å². The van der Waals surface area contributed by atoms with Crippen LogP contribution >= 0.6 is 15.9 Å². The third-order valence-corrected chi connectivity index (χ3v) is 6.17. The van der Waals surface area contributed by atoms with Gasteiger partial charge >= 0.3 is 0 Å². The summed E-state index contributed by atoms with van der Waals surface area (Å²) in [6.45, 7) is 1.82. The fraction of sp³-hybridized carbons (Fsp3) is 0.150. The number of sulfonamides is 1. The highest BCUT2D eigenvalue weighted by molar-refractivity contribution is 9.10. The van der Waals surface area contributed by atoms with Crippen LogP contribution in [0, 0.1) is 0 Å². The molecule has 2 aromatic carbocycles. The number of hydrogen-bond acceptors (Lipinski definition) is 4. The summed E-state index contributed by atoms with van der Waals surface area (Å²) < 4.78 is 34.1. The molecule has 0 fully saturated rings. The summed E-state index contributed by atoms with van der Waals surface area (Å²) in [6.07, 6.45) is 3.35. The zero-order chi connectivity index (χ0) is 19.4. The van der Waals surface area contributed by atoms with Crippen LogP contribution in [0.4, 0.5) is 0 Å². The number of methoxy groups -OCH3 is 1. The summed E-state index contributed by atoms with van der Waals surface area (Å²) in [4.78, 5) is 4.29. The van der Waals surface area contributed by atoms with Crippen LogP contribution in [0.15, 0.2) is 76.4 Å². The van der Waals surface area contributed by atoms with Crippen molar-refractivity contribution >= 4 is 26.0 Å². The first-order valence-corrected chi connectivity index (χ1v) is 10.5. The Morgan fingerprint density at radius 1 is 1.11 bits per heavy atom. The van der Waals surface area contributed by atoms with Crippen LogP contribution in [0.2, 0.25) is 0 Å². The second kappa shape index (κ2) is 8.21. The van der Waals surface area contributed by atoms with Gasteiger partial charge < -0.3 is 4.74 Å². The molecular formula is C20H19BrN2O3S. The van der Waals surface area contributed by atoms with Crippen molar-refractivity contribution < 1.29 is 13.2 Å². The van der Waals surface area contributed by atoms with Crippen molar-refractivity contribution in [2.45, 2.75) is 17.9 Å². The molecule has 0 aliphatic heterocycles. The van der Waals surface area contributed by atoms with E-state index in [-0.39, 0.29) is 4.90 Å². The van der Waals surface area contributed by atoms with Crippen LogP contribution in [-0.4, -0.2) is 20.5 Å². The van der Waals surface area contributed by atoms with Gasteiger partial charge in [0, 0.05) is 22.3 Å². The standard InChI is InChI=1S/C20H19BrN2O3S/c1-14(23-27(24,25)18-8-4-7-17(21)12-18)15-5-3-6-16(11-15)19-9-10-22-13-20(19)26-2/h3-14,23H,1-2H3/t14-/m0/s1. The lowest BCUT2D eigenvalue weighted by molar-refractivity contribution is 0.414. The van der Waals surface area contributed by atoms with E-state index in [9.17, 15) is 8.42 Å². The normalized spacial score (nSPS) is 12.6. The summed E-state index contributed by atoms with van der Waals surface area (Å²) >= 11 is 3.31. The molecule has 5 nitrogen and oxygen atoms in total. The number of pyridine rings is 1. The number of hydrogen-bond donors (Lipinski definition) is 1. The third kappa shape index (κ3) is 4.55. The van der Waals surface area contributed by atoms with E-state index in [0.29, 0.717) is 10.2 Å². The van der Waals surface area contributed by atoms with Crippen LogP contribution in [-0.2, 0) is 10.0 Å². The van der Waals surface area contributed by atoms with Crippen LogP contribution in [0.3, 0.4) is 0 Å². The molecule has 1 N–H and O–H groups in total. The molecule has 0 spiro atoms. The van der Waals surface area contributed by atoms with Crippen molar-refractivity contribution in [3.8, 4) is 16.9 Å². The molecule has 0 amide bonds. The fourth-order valence-electron chi connectivity index (χ4n) is 2.76. The van der Waals surface area contributed by atoms with E-state index in [1.165, 1.54) is 0 Å². The molecule has 0 unspecified atom stereocenters. The summed E-state index contributed by atoms with van der Waals surface area (Å²) in [6, 6.07) is 15.8. The average Bonchev–Trinajstić information content (AvgIpc) is 2.67. The van der Waals surface area contributed by atoms with Gasteiger partial charge in [0.1, 0.15) is 5.75 Å². The Hall–Kier alpha value is -2.22. The minimum Gasteiger partial charge on any atom is -0.494 e. The molecule has 0 radical (unpaired) electrons. The molecule has 0 saturated carbocycles. The summed E-state index contributed by atoms with van der Waals surface area (Å²) in [5.74, 6) is 0.664. The fourth-order valence-corrected chi connectivity index (χ4v) is 4.59. The quantitative estimate of drug-likeness (QED) is 0.602. The van der Waals surface area contributed by atoms with Crippen molar-refractivity contribution in [3.63, 3.8) is 0 Å². The van der Waals surface area contributed by atoms with Crippen LogP contribution in [0.5, 0.6) is 5.75 Å². The van der Waals surface area contributed by atoms with Crippen LogP contribution in [0.25, 0.3) is 11.1 Å². The molecule has 3 aromatic rings. The molecule has 0 bridgehead atoms. The lowest BCUT2D eigenvalue weighted by atomic mass is 10.0. The van der Waals surface area contributed by atoms with Gasteiger partial charge in [0.05, 0.1) is 18.2 Å². The van der Waals surface area contributed by atoms with Gasteiger partial charge in [0.15, 0.2) is 0 Å². The predicted molar refractivity (Wildman–Crippen MR) is 109 cm³/mol. The van der Waals surface area contributed by atoms with E-state index in [2.05, 4.69) is 25.6 Å². The Bertz CT molecular complexity index is 1050. The van der Waals surface area contributed by atoms with Gasteiger partial charge in [-0.2, -0.15) is 0 Å². The number of ether oxygens (including phenoxy) is 1. The Kier molecular flexibility index (Phi) is 5.94. The monoisotopic (exact) mass is 446 g/mol. The van der Waals surface area contributed by atoms with Gasteiger partial charge in [-0.3, -0.25) is 4.98 Å². The second-order valence-electron chi connectivity index (χ2n) is 6.00. The number of halogens is 1. The lowest BCUT2D eigenvalue weighted by Crippen LogP contribution is -2.26. The SMILES string of the molecule is COc1cnccc1-c1cccc([C@H](C)NS(=O)(=O)c2cccc(Br)c2)c1. The zero-order valence-corrected chi connectivity index (χ0v) is 17.3. The maximum absolute atomic E-state index is 12.7. The first-order chi connectivity index (χ1) is 12.9. The summed E-state index contributed by atoms with van der Waals surface area (Å²) in [5, 5.41) is 0. The van der Waals surface area contributed by atoms with Gasteiger partial charge in [-0.15, -0.1) is 0 Å². The van der Waals surface area contributed by atoms with Gasteiger partial charge in [0.2, 0.25) is 10.0 Å². The topological polar surface area (TPSA) is 68.3 Å². The number of rotatable bonds is 6.